The number of esters is 1. The van der Waals surface area contributed by atoms with E-state index < -0.39 is 5.97 Å². The fourth-order valence-electron chi connectivity index (χ4n) is 3.41. The fourth-order valence-corrected chi connectivity index (χ4v) is 4.28. The first-order valence-electron chi connectivity index (χ1n) is 9.53. The smallest absolute Gasteiger partial charge is 0.356 e. The monoisotopic (exact) mass is 402 g/mol. The Hall–Kier alpha value is -2.48. The van der Waals surface area contributed by atoms with Gasteiger partial charge in [-0.2, -0.15) is 0 Å². The molecule has 3 heterocycles. The zero-order valence-corrected chi connectivity index (χ0v) is 17.6. The van der Waals surface area contributed by atoms with Gasteiger partial charge in [-0.05, 0) is 45.7 Å². The number of amides is 1. The third-order valence-electron chi connectivity index (χ3n) is 4.95. The van der Waals surface area contributed by atoms with E-state index in [4.69, 9.17) is 4.74 Å². The van der Waals surface area contributed by atoms with Gasteiger partial charge in [0, 0.05) is 36.3 Å². The van der Waals surface area contributed by atoms with E-state index >= 15 is 0 Å². The zero-order valence-electron chi connectivity index (χ0n) is 16.8. The summed E-state index contributed by atoms with van der Waals surface area (Å²) in [5.74, 6) is -0.0323. The van der Waals surface area contributed by atoms with Crippen molar-refractivity contribution in [3.8, 4) is 0 Å². The Labute approximate surface area is 169 Å². The molecule has 0 radical (unpaired) electrons. The second kappa shape index (κ2) is 8.68. The van der Waals surface area contributed by atoms with Crippen molar-refractivity contribution in [1.29, 1.82) is 0 Å². The summed E-state index contributed by atoms with van der Waals surface area (Å²) in [6.45, 7) is 8.14. The number of thiazole rings is 1. The highest BCUT2D eigenvalue weighted by molar-refractivity contribution is 7.09. The van der Waals surface area contributed by atoms with Crippen LogP contribution in [0.3, 0.4) is 0 Å². The quantitative estimate of drug-likeness (QED) is 0.689. The maximum absolute atomic E-state index is 13.3. The van der Waals surface area contributed by atoms with Crippen LogP contribution in [0.5, 0.6) is 0 Å². The van der Waals surface area contributed by atoms with Crippen LogP contribution in [0.15, 0.2) is 17.5 Å². The average molecular weight is 403 g/mol. The first kappa shape index (κ1) is 20.3. The van der Waals surface area contributed by atoms with Gasteiger partial charge in [-0.15, -0.1) is 11.3 Å². The van der Waals surface area contributed by atoms with Crippen molar-refractivity contribution in [1.82, 2.24) is 14.9 Å². The van der Waals surface area contributed by atoms with Crippen LogP contribution in [0.2, 0.25) is 0 Å². The molecule has 1 amide bonds. The summed E-state index contributed by atoms with van der Waals surface area (Å²) in [6, 6.07) is 3.15. The first-order chi connectivity index (χ1) is 13.4. The van der Waals surface area contributed by atoms with Crippen LogP contribution >= 0.6 is 11.3 Å². The summed E-state index contributed by atoms with van der Waals surface area (Å²) in [4.78, 5) is 38.3. The minimum atomic E-state index is -0.540. The lowest BCUT2D eigenvalue weighted by Gasteiger charge is -2.27. The van der Waals surface area contributed by atoms with Gasteiger partial charge in [0.15, 0.2) is 5.69 Å². The minimum Gasteiger partial charge on any atom is -0.464 e. The van der Waals surface area contributed by atoms with E-state index in [2.05, 4.69) is 14.9 Å². The number of pyridine rings is 1. The van der Waals surface area contributed by atoms with Gasteiger partial charge in [0.2, 0.25) is 0 Å². The molecule has 0 bridgehead atoms. The van der Waals surface area contributed by atoms with Gasteiger partial charge in [0.05, 0.1) is 13.2 Å². The van der Waals surface area contributed by atoms with Gasteiger partial charge < -0.3 is 14.5 Å². The lowest BCUT2D eigenvalue weighted by Crippen LogP contribution is -2.34. The molecule has 2 aromatic rings. The molecule has 1 aliphatic rings. The molecule has 0 aliphatic carbocycles. The Kier molecular flexibility index (Phi) is 6.28. The molecule has 0 aromatic carbocycles. The molecule has 1 aliphatic heterocycles. The maximum Gasteiger partial charge on any atom is 0.356 e. The van der Waals surface area contributed by atoms with Gasteiger partial charge in [-0.1, -0.05) is 0 Å². The molecule has 0 unspecified atom stereocenters. The highest BCUT2D eigenvalue weighted by Gasteiger charge is 2.26. The van der Waals surface area contributed by atoms with Crippen molar-refractivity contribution in [2.24, 2.45) is 0 Å². The Balaban J connectivity index is 1.96. The van der Waals surface area contributed by atoms with Gasteiger partial charge in [0.25, 0.3) is 5.91 Å². The first-order valence-corrected chi connectivity index (χ1v) is 10.4. The lowest BCUT2D eigenvalue weighted by atomic mass is 10.1. The third kappa shape index (κ3) is 4.16. The van der Waals surface area contributed by atoms with Crippen LogP contribution in [0.25, 0.3) is 0 Å². The van der Waals surface area contributed by atoms with Crippen molar-refractivity contribution >= 4 is 29.0 Å². The average Bonchev–Trinajstić information content (AvgIpc) is 3.39. The fraction of sp³-hybridized carbons (Fsp3) is 0.500. The maximum atomic E-state index is 13.3. The molecule has 28 heavy (non-hydrogen) atoms. The van der Waals surface area contributed by atoms with Crippen molar-refractivity contribution in [2.75, 3.05) is 31.6 Å². The molecule has 2 aromatic heterocycles. The molecule has 150 valence electrons. The highest BCUT2D eigenvalue weighted by Crippen LogP contribution is 2.27. The van der Waals surface area contributed by atoms with Crippen LogP contribution < -0.4 is 4.90 Å². The summed E-state index contributed by atoms with van der Waals surface area (Å²) >= 11 is 1.55. The molecular formula is C20H26N4O3S. The van der Waals surface area contributed by atoms with Crippen molar-refractivity contribution in [3.05, 3.63) is 39.5 Å². The molecule has 0 N–H and O–H groups in total. The number of hydrogen-bond donors (Lipinski definition) is 0. The summed E-state index contributed by atoms with van der Waals surface area (Å²) in [5, 5.41) is 2.88. The predicted octanol–water partition coefficient (Wildman–Crippen LogP) is 3.46. The Morgan fingerprint density at radius 3 is 2.57 bits per heavy atom. The molecular weight excluding hydrogens is 376 g/mol. The number of nitrogens with zero attached hydrogens (tertiary/aromatic N) is 4. The number of carbonyl (C=O) groups is 2. The van der Waals surface area contributed by atoms with Gasteiger partial charge >= 0.3 is 5.97 Å². The van der Waals surface area contributed by atoms with E-state index in [1.54, 1.807) is 22.3 Å². The van der Waals surface area contributed by atoms with Gasteiger partial charge in [-0.3, -0.25) is 4.79 Å². The van der Waals surface area contributed by atoms with Gasteiger partial charge in [-0.25, -0.2) is 14.8 Å². The van der Waals surface area contributed by atoms with Crippen LogP contribution in [0, 0.1) is 6.92 Å². The number of rotatable bonds is 6. The molecule has 3 rings (SSSR count). The Morgan fingerprint density at radius 2 is 2.00 bits per heavy atom. The molecule has 1 saturated heterocycles. The molecule has 7 nitrogen and oxygen atoms in total. The van der Waals surface area contributed by atoms with E-state index in [-0.39, 0.29) is 17.6 Å². The topological polar surface area (TPSA) is 75.6 Å². The number of anilines is 1. The molecule has 1 atom stereocenters. The van der Waals surface area contributed by atoms with E-state index in [0.29, 0.717) is 17.9 Å². The Morgan fingerprint density at radius 1 is 1.29 bits per heavy atom. The minimum absolute atomic E-state index is 0.143. The van der Waals surface area contributed by atoms with Crippen LogP contribution in [0.4, 0.5) is 5.82 Å². The summed E-state index contributed by atoms with van der Waals surface area (Å²) in [5.41, 5.74) is 1.55. The molecule has 0 spiro atoms. The SMILES string of the molecule is CCN(C(=O)c1cc(C(=O)OC)nc(N2CCCC2)c1)[C@H](C)c1nc(C)cs1. The third-order valence-corrected chi connectivity index (χ3v) is 6.08. The summed E-state index contributed by atoms with van der Waals surface area (Å²) in [7, 11) is 1.32. The Bertz CT molecular complexity index is 861. The van der Waals surface area contributed by atoms with Crippen molar-refractivity contribution in [2.45, 2.75) is 39.7 Å². The standard InChI is InChI=1S/C20H26N4O3S/c1-5-24(14(3)18-21-13(2)12-28-18)19(25)15-10-16(20(26)27-4)22-17(11-15)23-8-6-7-9-23/h10-12,14H,5-9H2,1-4H3/t14-/m1/s1. The normalized spacial score (nSPS) is 14.8. The van der Waals surface area contributed by atoms with Gasteiger partial charge in [0.1, 0.15) is 10.8 Å². The van der Waals surface area contributed by atoms with Crippen LogP contribution in [-0.2, 0) is 4.74 Å². The number of methoxy groups -OCH3 is 1. The second-order valence-corrected chi connectivity index (χ2v) is 7.77. The molecule has 1 fully saturated rings. The van der Waals surface area contributed by atoms with Crippen LogP contribution in [0.1, 0.15) is 64.3 Å². The number of ether oxygens (including phenoxy) is 1. The number of aryl methyl sites for hydroxylation is 1. The summed E-state index contributed by atoms with van der Waals surface area (Å²) < 4.78 is 4.84. The van der Waals surface area contributed by atoms with Crippen molar-refractivity contribution < 1.29 is 14.3 Å². The second-order valence-electron chi connectivity index (χ2n) is 6.88. The van der Waals surface area contributed by atoms with E-state index in [1.165, 1.54) is 13.2 Å². The zero-order chi connectivity index (χ0) is 20.3. The van der Waals surface area contributed by atoms with E-state index in [0.717, 1.165) is 36.6 Å². The van der Waals surface area contributed by atoms with Crippen molar-refractivity contribution in [3.63, 3.8) is 0 Å². The number of aromatic nitrogens is 2. The number of carbonyl (C=O) groups excluding carboxylic acids is 2. The number of hydrogen-bond acceptors (Lipinski definition) is 7. The molecule has 8 heteroatoms. The van der Waals surface area contributed by atoms with E-state index in [9.17, 15) is 9.59 Å². The summed E-state index contributed by atoms with van der Waals surface area (Å²) in [6.07, 6.45) is 2.16. The predicted molar refractivity (Wildman–Crippen MR) is 109 cm³/mol. The van der Waals surface area contributed by atoms with E-state index in [1.807, 2.05) is 26.2 Å². The lowest BCUT2D eigenvalue weighted by molar-refractivity contribution is 0.0594. The highest BCUT2D eigenvalue weighted by atomic mass is 32.1. The largest absolute Gasteiger partial charge is 0.464 e. The van der Waals surface area contributed by atoms with Crippen LogP contribution in [-0.4, -0.2) is 53.5 Å². The molecule has 0 saturated carbocycles.